The third-order valence-electron chi connectivity index (χ3n) is 6.31. The van der Waals surface area contributed by atoms with E-state index >= 15 is 0 Å². The Bertz CT molecular complexity index is 1450. The van der Waals surface area contributed by atoms with Gasteiger partial charge in [-0.3, -0.25) is 13.9 Å². The molecular formula is C30H35ClFN3O5S. The number of carbonyl (C=O) groups excluding carboxylic acids is 2. The van der Waals surface area contributed by atoms with Crippen molar-refractivity contribution in [1.29, 1.82) is 0 Å². The quantitative estimate of drug-likeness (QED) is 0.306. The molecule has 3 rings (SSSR count). The van der Waals surface area contributed by atoms with Gasteiger partial charge in [0.2, 0.25) is 21.8 Å². The van der Waals surface area contributed by atoms with E-state index in [1.165, 1.54) is 18.1 Å². The van der Waals surface area contributed by atoms with Gasteiger partial charge in [0, 0.05) is 19.5 Å². The van der Waals surface area contributed by atoms with E-state index in [0.29, 0.717) is 17.9 Å². The van der Waals surface area contributed by atoms with E-state index in [1.54, 1.807) is 24.3 Å². The molecule has 0 heterocycles. The first-order chi connectivity index (χ1) is 19.4. The second-order valence-electron chi connectivity index (χ2n) is 10.1. The zero-order valence-corrected chi connectivity index (χ0v) is 25.1. The summed E-state index contributed by atoms with van der Waals surface area (Å²) in [5, 5.41) is 2.64. The maximum absolute atomic E-state index is 14.1. The zero-order valence-electron chi connectivity index (χ0n) is 23.5. The molecule has 0 aliphatic carbocycles. The second-order valence-corrected chi connectivity index (χ2v) is 12.4. The van der Waals surface area contributed by atoms with Crippen LogP contribution in [-0.4, -0.2) is 57.6 Å². The van der Waals surface area contributed by atoms with Crippen LogP contribution in [-0.2, 0) is 32.6 Å². The fourth-order valence-corrected chi connectivity index (χ4v) is 5.21. The van der Waals surface area contributed by atoms with E-state index in [-0.39, 0.29) is 35.5 Å². The standard InChI is InChI=1S/C30H35ClFN3O5S/c1-21(2)18-33-30(37)28(16-22-9-6-5-7-10-22)34(19-23-11-8-12-25(15-23)40-3)29(36)20-35(41(4,38)39)24-13-14-27(32)26(31)17-24/h5-15,17,21,28H,16,18-20H2,1-4H3,(H,33,37)/t28-/m0/s1. The highest BCUT2D eigenvalue weighted by atomic mass is 35.5. The second kappa shape index (κ2) is 14.3. The van der Waals surface area contributed by atoms with Crippen molar-refractivity contribution >= 4 is 39.1 Å². The molecule has 3 aromatic rings. The molecule has 2 amide bonds. The fourth-order valence-electron chi connectivity index (χ4n) is 4.20. The molecule has 0 fully saturated rings. The van der Waals surface area contributed by atoms with Gasteiger partial charge in [-0.2, -0.15) is 0 Å². The number of hydrogen-bond acceptors (Lipinski definition) is 5. The van der Waals surface area contributed by atoms with Gasteiger partial charge in [-0.05, 0) is 47.4 Å². The molecule has 0 bridgehead atoms. The molecule has 0 saturated carbocycles. The average molecular weight is 604 g/mol. The summed E-state index contributed by atoms with van der Waals surface area (Å²) in [7, 11) is -2.48. The van der Waals surface area contributed by atoms with Crippen molar-refractivity contribution in [3.63, 3.8) is 0 Å². The van der Waals surface area contributed by atoms with Crippen molar-refractivity contribution in [3.05, 3.63) is 94.8 Å². The molecule has 0 aliphatic rings. The molecule has 8 nitrogen and oxygen atoms in total. The first-order valence-corrected chi connectivity index (χ1v) is 15.3. The van der Waals surface area contributed by atoms with E-state index in [1.807, 2.05) is 44.2 Å². The number of sulfonamides is 1. The van der Waals surface area contributed by atoms with Crippen LogP contribution >= 0.6 is 11.6 Å². The summed E-state index contributed by atoms with van der Waals surface area (Å²) >= 11 is 5.93. The lowest BCUT2D eigenvalue weighted by molar-refractivity contribution is -0.140. The number of nitrogens with zero attached hydrogens (tertiary/aromatic N) is 2. The number of nitrogens with one attached hydrogen (secondary N) is 1. The lowest BCUT2D eigenvalue weighted by Crippen LogP contribution is -2.53. The average Bonchev–Trinajstić information content (AvgIpc) is 2.93. The maximum Gasteiger partial charge on any atom is 0.244 e. The molecule has 220 valence electrons. The molecular weight excluding hydrogens is 569 g/mol. The summed E-state index contributed by atoms with van der Waals surface area (Å²) in [6, 6.07) is 18.8. The molecule has 0 saturated heterocycles. The van der Waals surface area contributed by atoms with Gasteiger partial charge in [-0.25, -0.2) is 12.8 Å². The minimum atomic E-state index is -4.00. The number of methoxy groups -OCH3 is 1. The van der Waals surface area contributed by atoms with Gasteiger partial charge >= 0.3 is 0 Å². The van der Waals surface area contributed by atoms with Gasteiger partial charge in [-0.15, -0.1) is 0 Å². The van der Waals surface area contributed by atoms with Gasteiger partial charge in [0.1, 0.15) is 24.2 Å². The van der Waals surface area contributed by atoms with Crippen molar-refractivity contribution in [2.24, 2.45) is 5.92 Å². The number of anilines is 1. The van der Waals surface area contributed by atoms with Gasteiger partial charge < -0.3 is 15.0 Å². The molecule has 0 aliphatic heterocycles. The van der Waals surface area contributed by atoms with E-state index in [4.69, 9.17) is 16.3 Å². The van der Waals surface area contributed by atoms with Gasteiger partial charge in [-0.1, -0.05) is 67.9 Å². The summed E-state index contributed by atoms with van der Waals surface area (Å²) < 4.78 is 45.7. The first kappa shape index (κ1) is 31.9. The number of hydrogen-bond donors (Lipinski definition) is 1. The highest BCUT2D eigenvalue weighted by Gasteiger charge is 2.33. The van der Waals surface area contributed by atoms with Crippen molar-refractivity contribution in [2.75, 3.05) is 30.8 Å². The molecule has 0 spiro atoms. The van der Waals surface area contributed by atoms with E-state index in [9.17, 15) is 22.4 Å². The Morgan fingerprint density at radius 2 is 1.68 bits per heavy atom. The SMILES string of the molecule is COc1cccc(CN(C(=O)CN(c2ccc(F)c(Cl)c2)S(C)(=O)=O)[C@@H](Cc2ccccc2)C(=O)NCC(C)C)c1. The lowest BCUT2D eigenvalue weighted by atomic mass is 10.0. The van der Waals surface area contributed by atoms with Crippen LogP contribution in [0.15, 0.2) is 72.8 Å². The van der Waals surface area contributed by atoms with Crippen LogP contribution in [0.4, 0.5) is 10.1 Å². The summed E-state index contributed by atoms with van der Waals surface area (Å²) in [5.74, 6) is -0.978. The van der Waals surface area contributed by atoms with Crippen LogP contribution in [0.1, 0.15) is 25.0 Å². The summed E-state index contributed by atoms with van der Waals surface area (Å²) in [5.41, 5.74) is 1.53. The molecule has 0 unspecified atom stereocenters. The minimum Gasteiger partial charge on any atom is -0.497 e. The highest BCUT2D eigenvalue weighted by Crippen LogP contribution is 2.25. The summed E-state index contributed by atoms with van der Waals surface area (Å²) in [6.07, 6.45) is 1.14. The normalized spacial score (nSPS) is 12.1. The third kappa shape index (κ3) is 9.19. The molecule has 11 heteroatoms. The van der Waals surface area contributed by atoms with Gasteiger partial charge in [0.05, 0.1) is 24.1 Å². The Morgan fingerprint density at radius 1 is 1.00 bits per heavy atom. The molecule has 0 radical (unpaired) electrons. The van der Waals surface area contributed by atoms with E-state index < -0.39 is 34.3 Å². The molecule has 1 atom stereocenters. The van der Waals surface area contributed by atoms with Crippen molar-refractivity contribution in [1.82, 2.24) is 10.2 Å². The van der Waals surface area contributed by atoms with E-state index in [2.05, 4.69) is 5.32 Å². The van der Waals surface area contributed by atoms with Crippen molar-refractivity contribution in [2.45, 2.75) is 32.9 Å². The van der Waals surface area contributed by atoms with Crippen LogP contribution in [0.2, 0.25) is 5.02 Å². The van der Waals surface area contributed by atoms with Crippen molar-refractivity contribution < 1.29 is 27.1 Å². The lowest BCUT2D eigenvalue weighted by Gasteiger charge is -2.33. The third-order valence-corrected chi connectivity index (χ3v) is 7.74. The maximum atomic E-state index is 14.1. The zero-order chi connectivity index (χ0) is 30.2. The Hall–Kier alpha value is -3.63. The topological polar surface area (TPSA) is 96.0 Å². The van der Waals surface area contributed by atoms with Gasteiger partial charge in [0.25, 0.3) is 0 Å². The summed E-state index contributed by atoms with van der Waals surface area (Å²) in [6.45, 7) is 3.69. The predicted molar refractivity (Wildman–Crippen MR) is 159 cm³/mol. The largest absolute Gasteiger partial charge is 0.497 e. The fraction of sp³-hybridized carbons (Fsp3) is 0.333. The van der Waals surface area contributed by atoms with Crippen LogP contribution in [0.25, 0.3) is 0 Å². The molecule has 0 aromatic heterocycles. The van der Waals surface area contributed by atoms with Crippen molar-refractivity contribution in [3.8, 4) is 5.75 Å². The number of halogens is 2. The number of amides is 2. The monoisotopic (exact) mass is 603 g/mol. The number of carbonyl (C=O) groups is 2. The first-order valence-electron chi connectivity index (χ1n) is 13.1. The van der Waals surface area contributed by atoms with Crippen LogP contribution in [0.3, 0.4) is 0 Å². The highest BCUT2D eigenvalue weighted by molar-refractivity contribution is 7.92. The number of ether oxygens (including phenoxy) is 1. The van der Waals surface area contributed by atoms with Crippen LogP contribution < -0.4 is 14.4 Å². The molecule has 1 N–H and O–H groups in total. The Balaban J connectivity index is 2.07. The Morgan fingerprint density at radius 3 is 2.29 bits per heavy atom. The van der Waals surface area contributed by atoms with Gasteiger partial charge in [0.15, 0.2) is 0 Å². The molecule has 3 aromatic carbocycles. The minimum absolute atomic E-state index is 0.00437. The smallest absolute Gasteiger partial charge is 0.244 e. The Labute approximate surface area is 246 Å². The predicted octanol–water partition coefficient (Wildman–Crippen LogP) is 4.67. The summed E-state index contributed by atoms with van der Waals surface area (Å²) in [4.78, 5) is 29.1. The number of benzene rings is 3. The number of rotatable bonds is 13. The van der Waals surface area contributed by atoms with E-state index in [0.717, 1.165) is 28.3 Å². The van der Waals surface area contributed by atoms with Crippen LogP contribution in [0, 0.1) is 11.7 Å². The molecule has 41 heavy (non-hydrogen) atoms. The Kier molecular flexibility index (Phi) is 11.1. The van der Waals surface area contributed by atoms with Crippen LogP contribution in [0.5, 0.6) is 5.75 Å².